The van der Waals surface area contributed by atoms with Crippen LogP contribution in [-0.2, 0) is 16.6 Å². The van der Waals surface area contributed by atoms with Gasteiger partial charge in [-0.05, 0) is 39.2 Å². The third-order valence-electron chi connectivity index (χ3n) is 3.23. The van der Waals surface area contributed by atoms with E-state index in [0.29, 0.717) is 18.0 Å². The van der Waals surface area contributed by atoms with E-state index in [1.807, 2.05) is 7.05 Å². The standard InChI is InChI=1S/C13H26N4O2S/c1-4-17(5-2)8-6-7-16-20(18,19)13-9-12(10-14-3)15-11-13/h9,11,14-16H,4-8,10H2,1-3H3. The lowest BCUT2D eigenvalue weighted by Crippen LogP contribution is -2.29. The van der Waals surface area contributed by atoms with E-state index in [1.165, 1.54) is 6.20 Å². The molecule has 6 nitrogen and oxygen atoms in total. The summed E-state index contributed by atoms with van der Waals surface area (Å²) in [6.07, 6.45) is 2.34. The molecule has 0 saturated carbocycles. The van der Waals surface area contributed by atoms with Crippen LogP contribution in [0.15, 0.2) is 17.2 Å². The second kappa shape index (κ2) is 8.41. The molecular formula is C13H26N4O2S. The Labute approximate surface area is 122 Å². The number of aromatic amines is 1. The Hall–Kier alpha value is -0.890. The van der Waals surface area contributed by atoms with Crippen molar-refractivity contribution < 1.29 is 8.42 Å². The van der Waals surface area contributed by atoms with Crippen LogP contribution < -0.4 is 10.0 Å². The van der Waals surface area contributed by atoms with E-state index in [-0.39, 0.29) is 0 Å². The maximum absolute atomic E-state index is 12.1. The molecule has 7 heteroatoms. The second-order valence-corrected chi connectivity index (χ2v) is 6.44. The highest BCUT2D eigenvalue weighted by Gasteiger charge is 2.15. The second-order valence-electron chi connectivity index (χ2n) is 4.67. The topological polar surface area (TPSA) is 77.2 Å². The highest BCUT2D eigenvalue weighted by atomic mass is 32.2. The molecule has 0 unspecified atom stereocenters. The summed E-state index contributed by atoms with van der Waals surface area (Å²) in [4.78, 5) is 5.52. The van der Waals surface area contributed by atoms with E-state index in [1.54, 1.807) is 6.07 Å². The molecule has 0 radical (unpaired) electrons. The van der Waals surface area contributed by atoms with Gasteiger partial charge in [-0.1, -0.05) is 13.8 Å². The number of rotatable bonds is 10. The van der Waals surface area contributed by atoms with Crippen LogP contribution >= 0.6 is 0 Å². The quantitative estimate of drug-likeness (QED) is 0.557. The summed E-state index contributed by atoms with van der Waals surface area (Å²) < 4.78 is 26.8. The fraction of sp³-hybridized carbons (Fsp3) is 0.692. The molecule has 20 heavy (non-hydrogen) atoms. The van der Waals surface area contributed by atoms with Gasteiger partial charge < -0.3 is 15.2 Å². The molecule has 0 spiro atoms. The summed E-state index contributed by atoms with van der Waals surface area (Å²) in [6, 6.07) is 1.66. The molecule has 1 rings (SSSR count). The Bertz CT molecular complexity index is 480. The van der Waals surface area contributed by atoms with E-state index >= 15 is 0 Å². The highest BCUT2D eigenvalue weighted by molar-refractivity contribution is 7.89. The van der Waals surface area contributed by atoms with Crippen molar-refractivity contribution in [1.29, 1.82) is 0 Å². The van der Waals surface area contributed by atoms with Crippen LogP contribution in [-0.4, -0.2) is 51.5 Å². The summed E-state index contributed by atoms with van der Waals surface area (Å²) in [5.41, 5.74) is 0.857. The number of hydrogen-bond donors (Lipinski definition) is 3. The SMILES string of the molecule is CCN(CC)CCCNS(=O)(=O)c1c[nH]c(CNC)c1. The molecule has 116 valence electrons. The van der Waals surface area contributed by atoms with Crippen molar-refractivity contribution in [3.8, 4) is 0 Å². The zero-order valence-electron chi connectivity index (χ0n) is 12.6. The van der Waals surface area contributed by atoms with Crippen molar-refractivity contribution in [2.24, 2.45) is 0 Å². The zero-order valence-corrected chi connectivity index (χ0v) is 13.4. The Morgan fingerprint density at radius 1 is 1.30 bits per heavy atom. The number of hydrogen-bond acceptors (Lipinski definition) is 4. The summed E-state index contributed by atoms with van der Waals surface area (Å²) >= 11 is 0. The Balaban J connectivity index is 2.44. The maximum atomic E-state index is 12.1. The summed E-state index contributed by atoms with van der Waals surface area (Å²) in [7, 11) is -1.58. The molecule has 1 aromatic heterocycles. The van der Waals surface area contributed by atoms with Crippen LogP contribution in [0.4, 0.5) is 0 Å². The van der Waals surface area contributed by atoms with Gasteiger partial charge in [-0.25, -0.2) is 13.1 Å². The summed E-state index contributed by atoms with van der Waals surface area (Å²) in [5, 5.41) is 2.97. The average molecular weight is 302 g/mol. The monoisotopic (exact) mass is 302 g/mol. The molecule has 0 fully saturated rings. The number of H-pyrrole nitrogens is 1. The van der Waals surface area contributed by atoms with E-state index in [4.69, 9.17) is 0 Å². The van der Waals surface area contributed by atoms with Crippen LogP contribution in [0.5, 0.6) is 0 Å². The van der Waals surface area contributed by atoms with E-state index < -0.39 is 10.0 Å². The lowest BCUT2D eigenvalue weighted by atomic mass is 10.4. The van der Waals surface area contributed by atoms with Gasteiger partial charge in [0.1, 0.15) is 0 Å². The Kier molecular flexibility index (Phi) is 7.22. The third-order valence-corrected chi connectivity index (χ3v) is 4.67. The van der Waals surface area contributed by atoms with Gasteiger partial charge in [0.25, 0.3) is 0 Å². The van der Waals surface area contributed by atoms with E-state index in [0.717, 1.165) is 31.7 Å². The first-order valence-electron chi connectivity index (χ1n) is 7.07. The number of sulfonamides is 1. The molecule has 1 heterocycles. The molecule has 0 aliphatic heterocycles. The van der Waals surface area contributed by atoms with Gasteiger partial charge in [0.15, 0.2) is 0 Å². The third kappa shape index (κ3) is 5.24. The molecule has 0 atom stereocenters. The van der Waals surface area contributed by atoms with Gasteiger partial charge in [0.05, 0.1) is 4.90 Å². The van der Waals surface area contributed by atoms with Crippen LogP contribution in [0.1, 0.15) is 26.0 Å². The lowest BCUT2D eigenvalue weighted by molar-refractivity contribution is 0.300. The number of aromatic nitrogens is 1. The predicted octanol–water partition coefficient (Wildman–Crippen LogP) is 0.744. The molecule has 3 N–H and O–H groups in total. The average Bonchev–Trinajstić information content (AvgIpc) is 2.89. The van der Waals surface area contributed by atoms with E-state index in [9.17, 15) is 8.42 Å². The van der Waals surface area contributed by atoms with Crippen molar-refractivity contribution in [2.45, 2.75) is 31.7 Å². The van der Waals surface area contributed by atoms with Crippen molar-refractivity contribution in [1.82, 2.24) is 19.9 Å². The van der Waals surface area contributed by atoms with Crippen molar-refractivity contribution in [3.05, 3.63) is 18.0 Å². The van der Waals surface area contributed by atoms with Gasteiger partial charge in [-0.2, -0.15) is 0 Å². The van der Waals surface area contributed by atoms with Crippen LogP contribution in [0.25, 0.3) is 0 Å². The molecule has 0 aliphatic carbocycles. The Morgan fingerprint density at radius 3 is 2.60 bits per heavy atom. The normalized spacial score (nSPS) is 12.2. The van der Waals surface area contributed by atoms with Crippen molar-refractivity contribution >= 4 is 10.0 Å². The molecule has 0 bridgehead atoms. The first-order chi connectivity index (χ1) is 9.53. The van der Waals surface area contributed by atoms with Crippen LogP contribution in [0.3, 0.4) is 0 Å². The van der Waals surface area contributed by atoms with Gasteiger partial charge >= 0.3 is 0 Å². The number of nitrogens with zero attached hydrogens (tertiary/aromatic N) is 1. The minimum Gasteiger partial charge on any atom is -0.363 e. The fourth-order valence-electron chi connectivity index (χ4n) is 2.00. The Morgan fingerprint density at radius 2 is 2.00 bits per heavy atom. The van der Waals surface area contributed by atoms with Crippen molar-refractivity contribution in [3.63, 3.8) is 0 Å². The number of nitrogens with one attached hydrogen (secondary N) is 3. The molecule has 0 aliphatic rings. The molecule has 0 saturated heterocycles. The highest BCUT2D eigenvalue weighted by Crippen LogP contribution is 2.10. The van der Waals surface area contributed by atoms with E-state index in [2.05, 4.69) is 33.8 Å². The lowest BCUT2D eigenvalue weighted by Gasteiger charge is -2.17. The molecule has 0 aromatic carbocycles. The maximum Gasteiger partial charge on any atom is 0.242 e. The van der Waals surface area contributed by atoms with Crippen LogP contribution in [0.2, 0.25) is 0 Å². The van der Waals surface area contributed by atoms with Crippen LogP contribution in [0, 0.1) is 0 Å². The summed E-state index contributed by atoms with van der Waals surface area (Å²) in [6.45, 7) is 8.20. The smallest absolute Gasteiger partial charge is 0.242 e. The molecule has 0 amide bonds. The van der Waals surface area contributed by atoms with Gasteiger partial charge in [-0.3, -0.25) is 0 Å². The minimum absolute atomic E-state index is 0.297. The molecule has 1 aromatic rings. The zero-order chi connectivity index (χ0) is 15.0. The largest absolute Gasteiger partial charge is 0.363 e. The first kappa shape index (κ1) is 17.2. The predicted molar refractivity (Wildman–Crippen MR) is 81.1 cm³/mol. The van der Waals surface area contributed by atoms with Gasteiger partial charge in [0, 0.05) is 25.0 Å². The first-order valence-corrected chi connectivity index (χ1v) is 8.55. The van der Waals surface area contributed by atoms with Gasteiger partial charge in [-0.15, -0.1) is 0 Å². The summed E-state index contributed by atoms with van der Waals surface area (Å²) in [5.74, 6) is 0. The van der Waals surface area contributed by atoms with Gasteiger partial charge in [0.2, 0.25) is 10.0 Å². The molecular weight excluding hydrogens is 276 g/mol. The fourth-order valence-corrected chi connectivity index (χ4v) is 3.09. The minimum atomic E-state index is -3.40. The van der Waals surface area contributed by atoms with Crippen molar-refractivity contribution in [2.75, 3.05) is 33.2 Å².